The lowest BCUT2D eigenvalue weighted by Gasteiger charge is -2.05. The average Bonchev–Trinajstić information content (AvgIpc) is 2.68. The number of hydrogen-bond donors (Lipinski definition) is 0. The maximum atomic E-state index is 5.80. The first-order valence-corrected chi connectivity index (χ1v) is 8.10. The van der Waals surface area contributed by atoms with Gasteiger partial charge in [-0.15, -0.1) is 0 Å². The van der Waals surface area contributed by atoms with Gasteiger partial charge < -0.3 is 4.74 Å². The van der Waals surface area contributed by atoms with Crippen LogP contribution in [-0.2, 0) is 0 Å². The largest absolute Gasteiger partial charge is 0.457 e. The number of para-hydroxylation sites is 3. The molecule has 4 aromatic rings. The smallest absolute Gasteiger partial charge is 0.127 e. The lowest BCUT2D eigenvalue weighted by atomic mass is 10.2. The highest BCUT2D eigenvalue weighted by molar-refractivity contribution is 5.76. The van der Waals surface area contributed by atoms with Crippen LogP contribution in [0.15, 0.2) is 85.1 Å². The summed E-state index contributed by atoms with van der Waals surface area (Å²) in [4.78, 5) is 9.01. The Morgan fingerprint density at radius 3 is 2.12 bits per heavy atom. The lowest BCUT2D eigenvalue weighted by Crippen LogP contribution is -1.86. The SMILES string of the molecule is C(=C\c1cnc2ccccc2n1)/c1ccc(Oc2ccccc2)cc1. The van der Waals surface area contributed by atoms with Crippen LogP contribution in [0.4, 0.5) is 0 Å². The molecule has 0 aliphatic heterocycles. The minimum absolute atomic E-state index is 0.814. The summed E-state index contributed by atoms with van der Waals surface area (Å²) < 4.78 is 5.80. The van der Waals surface area contributed by atoms with E-state index in [2.05, 4.69) is 9.97 Å². The molecule has 0 saturated heterocycles. The van der Waals surface area contributed by atoms with Crippen molar-refractivity contribution in [1.82, 2.24) is 9.97 Å². The molecule has 1 aromatic heterocycles. The minimum atomic E-state index is 0.814. The molecule has 0 amide bonds. The fourth-order valence-corrected chi connectivity index (χ4v) is 2.51. The van der Waals surface area contributed by atoms with Gasteiger partial charge in [0.15, 0.2) is 0 Å². The highest BCUT2D eigenvalue weighted by Crippen LogP contribution is 2.21. The van der Waals surface area contributed by atoms with Gasteiger partial charge in [-0.05, 0) is 48.0 Å². The molecule has 0 aliphatic carbocycles. The van der Waals surface area contributed by atoms with Crippen molar-refractivity contribution in [3.8, 4) is 11.5 Å². The molecule has 0 saturated carbocycles. The van der Waals surface area contributed by atoms with E-state index in [4.69, 9.17) is 4.74 Å². The monoisotopic (exact) mass is 324 g/mol. The first-order chi connectivity index (χ1) is 12.4. The Kier molecular flexibility index (Phi) is 4.21. The van der Waals surface area contributed by atoms with Gasteiger partial charge in [0.2, 0.25) is 0 Å². The Balaban J connectivity index is 1.49. The normalized spacial score (nSPS) is 11.0. The summed E-state index contributed by atoms with van der Waals surface area (Å²) in [7, 11) is 0. The van der Waals surface area contributed by atoms with Crippen molar-refractivity contribution in [1.29, 1.82) is 0 Å². The van der Waals surface area contributed by atoms with Gasteiger partial charge >= 0.3 is 0 Å². The van der Waals surface area contributed by atoms with E-state index >= 15 is 0 Å². The predicted octanol–water partition coefficient (Wildman–Crippen LogP) is 5.59. The van der Waals surface area contributed by atoms with E-state index in [1.165, 1.54) is 0 Å². The van der Waals surface area contributed by atoms with E-state index in [0.29, 0.717) is 0 Å². The van der Waals surface area contributed by atoms with Crippen molar-refractivity contribution in [2.75, 3.05) is 0 Å². The van der Waals surface area contributed by atoms with Gasteiger partial charge in [0.1, 0.15) is 11.5 Å². The van der Waals surface area contributed by atoms with Crippen LogP contribution in [-0.4, -0.2) is 9.97 Å². The molecule has 0 radical (unpaired) electrons. The third-order valence-corrected chi connectivity index (χ3v) is 3.77. The van der Waals surface area contributed by atoms with Gasteiger partial charge in [-0.3, -0.25) is 4.98 Å². The number of hydrogen-bond acceptors (Lipinski definition) is 3. The summed E-state index contributed by atoms with van der Waals surface area (Å²) in [6, 6.07) is 25.6. The molecule has 0 atom stereocenters. The molecule has 4 rings (SSSR count). The Morgan fingerprint density at radius 1 is 0.640 bits per heavy atom. The number of nitrogens with zero attached hydrogens (tertiary/aromatic N) is 2. The molecule has 0 fully saturated rings. The maximum absolute atomic E-state index is 5.80. The second-order valence-electron chi connectivity index (χ2n) is 5.60. The zero-order valence-corrected chi connectivity index (χ0v) is 13.5. The molecule has 3 nitrogen and oxygen atoms in total. The van der Waals surface area contributed by atoms with Crippen LogP contribution in [0.25, 0.3) is 23.2 Å². The van der Waals surface area contributed by atoms with Crippen LogP contribution >= 0.6 is 0 Å². The van der Waals surface area contributed by atoms with Crippen molar-refractivity contribution in [2.24, 2.45) is 0 Å². The van der Waals surface area contributed by atoms with E-state index in [1.54, 1.807) is 6.20 Å². The highest BCUT2D eigenvalue weighted by Gasteiger charge is 1.98. The lowest BCUT2D eigenvalue weighted by molar-refractivity contribution is 0.482. The average molecular weight is 324 g/mol. The van der Waals surface area contributed by atoms with Gasteiger partial charge in [0.25, 0.3) is 0 Å². The van der Waals surface area contributed by atoms with Crippen molar-refractivity contribution in [3.05, 3.63) is 96.3 Å². The summed E-state index contributed by atoms with van der Waals surface area (Å²) in [6.45, 7) is 0. The Hall–Kier alpha value is -3.46. The summed E-state index contributed by atoms with van der Waals surface area (Å²) in [5, 5.41) is 0. The third-order valence-electron chi connectivity index (χ3n) is 3.77. The van der Waals surface area contributed by atoms with E-state index < -0.39 is 0 Å². The van der Waals surface area contributed by atoms with E-state index in [-0.39, 0.29) is 0 Å². The van der Waals surface area contributed by atoms with Crippen LogP contribution in [0, 0.1) is 0 Å². The Labute approximate surface area is 146 Å². The topological polar surface area (TPSA) is 35.0 Å². The molecule has 0 unspecified atom stereocenters. The van der Waals surface area contributed by atoms with Crippen molar-refractivity contribution in [2.45, 2.75) is 0 Å². The number of benzene rings is 3. The van der Waals surface area contributed by atoms with Gasteiger partial charge in [-0.2, -0.15) is 0 Å². The second kappa shape index (κ2) is 6.97. The van der Waals surface area contributed by atoms with Crippen LogP contribution in [0.3, 0.4) is 0 Å². The summed E-state index contributed by atoms with van der Waals surface area (Å²) in [5.74, 6) is 1.64. The maximum Gasteiger partial charge on any atom is 0.127 e. The van der Waals surface area contributed by atoms with E-state index in [9.17, 15) is 0 Å². The van der Waals surface area contributed by atoms with Gasteiger partial charge in [-0.25, -0.2) is 4.98 Å². The molecular formula is C22H16N2O. The van der Waals surface area contributed by atoms with Crippen molar-refractivity contribution in [3.63, 3.8) is 0 Å². The molecule has 0 N–H and O–H groups in total. The van der Waals surface area contributed by atoms with Crippen LogP contribution in [0.1, 0.15) is 11.3 Å². The van der Waals surface area contributed by atoms with Crippen molar-refractivity contribution >= 4 is 23.2 Å². The first-order valence-electron chi connectivity index (χ1n) is 8.10. The Bertz CT molecular complexity index is 1010. The fourth-order valence-electron chi connectivity index (χ4n) is 2.51. The Morgan fingerprint density at radius 2 is 1.32 bits per heavy atom. The highest BCUT2D eigenvalue weighted by atomic mass is 16.5. The zero-order chi connectivity index (χ0) is 16.9. The predicted molar refractivity (Wildman–Crippen MR) is 101 cm³/mol. The van der Waals surface area contributed by atoms with Gasteiger partial charge in [0, 0.05) is 0 Å². The molecular weight excluding hydrogens is 308 g/mol. The molecule has 3 aromatic carbocycles. The molecule has 0 spiro atoms. The molecule has 0 aliphatic rings. The molecule has 25 heavy (non-hydrogen) atoms. The number of ether oxygens (including phenoxy) is 1. The van der Waals surface area contributed by atoms with Crippen LogP contribution in [0.5, 0.6) is 11.5 Å². The zero-order valence-electron chi connectivity index (χ0n) is 13.5. The molecule has 0 bridgehead atoms. The summed E-state index contributed by atoms with van der Waals surface area (Å²) >= 11 is 0. The minimum Gasteiger partial charge on any atom is -0.457 e. The van der Waals surface area contributed by atoms with Crippen LogP contribution < -0.4 is 4.74 Å². The quantitative estimate of drug-likeness (QED) is 0.490. The number of rotatable bonds is 4. The molecule has 120 valence electrons. The standard InChI is InChI=1S/C22H16N2O/c1-2-6-19(7-3-1)25-20-14-11-17(12-15-20)10-13-18-16-23-21-8-4-5-9-22(21)24-18/h1-16H/b13-10+. The van der Waals surface area contributed by atoms with E-state index in [0.717, 1.165) is 33.8 Å². The van der Waals surface area contributed by atoms with Gasteiger partial charge in [-0.1, -0.05) is 48.5 Å². The first kappa shape index (κ1) is 15.1. The second-order valence-corrected chi connectivity index (χ2v) is 5.60. The third kappa shape index (κ3) is 3.72. The molecule has 3 heteroatoms. The fraction of sp³-hybridized carbons (Fsp3) is 0. The summed E-state index contributed by atoms with van der Waals surface area (Å²) in [6.07, 6.45) is 5.77. The van der Waals surface area contributed by atoms with Gasteiger partial charge in [0.05, 0.1) is 22.9 Å². The summed E-state index contributed by atoms with van der Waals surface area (Å²) in [5.41, 5.74) is 3.72. The van der Waals surface area contributed by atoms with E-state index in [1.807, 2.05) is 91.0 Å². The van der Waals surface area contributed by atoms with Crippen LogP contribution in [0.2, 0.25) is 0 Å². The molecule has 1 heterocycles. The number of fused-ring (bicyclic) bond motifs is 1. The van der Waals surface area contributed by atoms with Crippen molar-refractivity contribution < 1.29 is 4.74 Å². The number of aromatic nitrogens is 2.